The molecule has 1 aromatic heterocycles. The number of aromatic nitrogens is 2. The van der Waals surface area contributed by atoms with E-state index in [0.717, 1.165) is 11.0 Å². The Labute approximate surface area is 110 Å². The maximum atomic E-state index is 12.0. The molecule has 2 aromatic rings. The number of amides is 2. The molecule has 5 nitrogen and oxygen atoms in total. The number of likely N-dealkylation sites (tertiary alicyclic amines) is 1. The second-order valence-corrected chi connectivity index (χ2v) is 5.02. The molecule has 1 N–H and O–H groups in total. The molecule has 0 aliphatic carbocycles. The monoisotopic (exact) mass is 257 g/mol. The molecule has 2 unspecified atom stereocenters. The van der Waals surface area contributed by atoms with Crippen LogP contribution in [0.1, 0.15) is 32.1 Å². The highest BCUT2D eigenvalue weighted by atomic mass is 16.2. The van der Waals surface area contributed by atoms with E-state index in [1.54, 1.807) is 6.92 Å². The summed E-state index contributed by atoms with van der Waals surface area (Å²) in [7, 11) is 0. The van der Waals surface area contributed by atoms with E-state index in [1.165, 1.54) is 4.90 Å². The number of nitrogens with one attached hydrogen (secondary N) is 1. The maximum Gasteiger partial charge on any atom is 0.233 e. The number of H-pyrrole nitrogens is 1. The molecular weight excluding hydrogens is 242 g/mol. The van der Waals surface area contributed by atoms with Crippen LogP contribution in [-0.2, 0) is 9.59 Å². The van der Waals surface area contributed by atoms with Crippen LogP contribution in [0.4, 0.5) is 0 Å². The van der Waals surface area contributed by atoms with Gasteiger partial charge < -0.3 is 4.98 Å². The lowest BCUT2D eigenvalue weighted by atomic mass is 10.1. The molecule has 0 radical (unpaired) electrons. The standard InChI is InChI=1S/C14H15N3O2/c1-8-7-12(18)17(14(8)19)9(2)13-15-10-5-3-4-6-11(10)16-13/h3-6,8-9H,7H2,1-2H3,(H,15,16). The van der Waals surface area contributed by atoms with Crippen LogP contribution in [0.3, 0.4) is 0 Å². The lowest BCUT2D eigenvalue weighted by Crippen LogP contribution is -2.33. The summed E-state index contributed by atoms with van der Waals surface area (Å²) in [6.45, 7) is 3.61. The lowest BCUT2D eigenvalue weighted by molar-refractivity contribution is -0.141. The van der Waals surface area contributed by atoms with Gasteiger partial charge in [-0.25, -0.2) is 4.98 Å². The fourth-order valence-electron chi connectivity index (χ4n) is 2.51. The van der Waals surface area contributed by atoms with Crippen LogP contribution in [-0.4, -0.2) is 26.7 Å². The summed E-state index contributed by atoms with van der Waals surface area (Å²) in [6, 6.07) is 7.31. The van der Waals surface area contributed by atoms with E-state index >= 15 is 0 Å². The number of nitrogens with zero attached hydrogens (tertiary/aromatic N) is 2. The number of rotatable bonds is 2. The van der Waals surface area contributed by atoms with Gasteiger partial charge in [-0.15, -0.1) is 0 Å². The van der Waals surface area contributed by atoms with Gasteiger partial charge in [-0.05, 0) is 19.1 Å². The Morgan fingerprint density at radius 2 is 2.11 bits per heavy atom. The quantitative estimate of drug-likeness (QED) is 0.837. The molecule has 1 saturated heterocycles. The number of hydrogen-bond acceptors (Lipinski definition) is 3. The van der Waals surface area contributed by atoms with Crippen molar-refractivity contribution in [3.8, 4) is 0 Å². The molecule has 1 aromatic carbocycles. The van der Waals surface area contributed by atoms with E-state index < -0.39 is 0 Å². The Morgan fingerprint density at radius 1 is 1.37 bits per heavy atom. The third-order valence-electron chi connectivity index (χ3n) is 3.60. The van der Waals surface area contributed by atoms with Crippen molar-refractivity contribution in [1.29, 1.82) is 0 Å². The second kappa shape index (κ2) is 4.19. The highest BCUT2D eigenvalue weighted by molar-refractivity contribution is 6.03. The Hall–Kier alpha value is -2.17. The van der Waals surface area contributed by atoms with Gasteiger partial charge in [-0.1, -0.05) is 19.1 Å². The minimum Gasteiger partial charge on any atom is -0.340 e. The summed E-state index contributed by atoms with van der Waals surface area (Å²) < 4.78 is 0. The van der Waals surface area contributed by atoms with E-state index in [2.05, 4.69) is 9.97 Å². The first-order chi connectivity index (χ1) is 9.08. The lowest BCUT2D eigenvalue weighted by Gasteiger charge is -2.20. The van der Waals surface area contributed by atoms with Gasteiger partial charge in [0.2, 0.25) is 11.8 Å². The number of carbonyl (C=O) groups is 2. The molecule has 0 saturated carbocycles. The van der Waals surface area contributed by atoms with E-state index in [4.69, 9.17) is 0 Å². The summed E-state index contributed by atoms with van der Waals surface area (Å²) in [5, 5.41) is 0. The Balaban J connectivity index is 1.97. The van der Waals surface area contributed by atoms with Gasteiger partial charge in [0.1, 0.15) is 5.82 Å². The smallest absolute Gasteiger partial charge is 0.233 e. The van der Waals surface area contributed by atoms with Crippen molar-refractivity contribution in [3.63, 3.8) is 0 Å². The van der Waals surface area contributed by atoms with Crippen molar-refractivity contribution in [1.82, 2.24) is 14.9 Å². The van der Waals surface area contributed by atoms with Crippen LogP contribution in [0.5, 0.6) is 0 Å². The number of para-hydroxylation sites is 2. The molecule has 1 aliphatic rings. The Kier molecular flexibility index (Phi) is 2.62. The van der Waals surface area contributed by atoms with E-state index in [-0.39, 0.29) is 23.8 Å². The van der Waals surface area contributed by atoms with Crippen LogP contribution < -0.4 is 0 Å². The first-order valence-electron chi connectivity index (χ1n) is 6.38. The fourth-order valence-corrected chi connectivity index (χ4v) is 2.51. The third-order valence-corrected chi connectivity index (χ3v) is 3.60. The highest BCUT2D eigenvalue weighted by Gasteiger charge is 2.39. The van der Waals surface area contributed by atoms with Crippen LogP contribution in [0, 0.1) is 5.92 Å². The molecule has 98 valence electrons. The largest absolute Gasteiger partial charge is 0.340 e. The summed E-state index contributed by atoms with van der Waals surface area (Å²) in [4.78, 5) is 32.8. The number of fused-ring (bicyclic) bond motifs is 1. The van der Waals surface area contributed by atoms with Gasteiger partial charge in [-0.3, -0.25) is 14.5 Å². The maximum absolute atomic E-state index is 12.0. The summed E-state index contributed by atoms with van der Waals surface area (Å²) in [6.07, 6.45) is 0.295. The first-order valence-corrected chi connectivity index (χ1v) is 6.38. The Bertz CT molecular complexity index is 629. The molecule has 1 fully saturated rings. The third kappa shape index (κ3) is 1.82. The molecule has 1 aliphatic heterocycles. The van der Waals surface area contributed by atoms with Crippen LogP contribution >= 0.6 is 0 Å². The predicted octanol–water partition coefficient (Wildman–Crippen LogP) is 2.02. The molecule has 5 heteroatoms. The summed E-state index contributed by atoms with van der Waals surface area (Å²) in [5.74, 6) is 0.194. The summed E-state index contributed by atoms with van der Waals surface area (Å²) >= 11 is 0. The molecule has 2 amide bonds. The van der Waals surface area contributed by atoms with Crippen molar-refractivity contribution in [2.24, 2.45) is 5.92 Å². The number of hydrogen-bond donors (Lipinski definition) is 1. The van der Waals surface area contributed by atoms with Crippen LogP contribution in [0.2, 0.25) is 0 Å². The van der Waals surface area contributed by atoms with Crippen molar-refractivity contribution in [3.05, 3.63) is 30.1 Å². The number of aromatic amines is 1. The van der Waals surface area contributed by atoms with Crippen molar-refractivity contribution in [2.75, 3.05) is 0 Å². The molecule has 0 bridgehead atoms. The predicted molar refractivity (Wildman–Crippen MR) is 70.1 cm³/mol. The topological polar surface area (TPSA) is 66.1 Å². The van der Waals surface area contributed by atoms with Crippen molar-refractivity contribution in [2.45, 2.75) is 26.3 Å². The first kappa shape index (κ1) is 11.9. The van der Waals surface area contributed by atoms with Gasteiger partial charge in [-0.2, -0.15) is 0 Å². The molecule has 2 atom stereocenters. The van der Waals surface area contributed by atoms with E-state index in [0.29, 0.717) is 12.2 Å². The van der Waals surface area contributed by atoms with Gasteiger partial charge >= 0.3 is 0 Å². The highest BCUT2D eigenvalue weighted by Crippen LogP contribution is 2.28. The zero-order valence-electron chi connectivity index (χ0n) is 10.9. The molecule has 0 spiro atoms. The second-order valence-electron chi connectivity index (χ2n) is 5.02. The van der Waals surface area contributed by atoms with E-state index in [1.807, 2.05) is 31.2 Å². The zero-order chi connectivity index (χ0) is 13.6. The van der Waals surface area contributed by atoms with Gasteiger partial charge in [0.15, 0.2) is 0 Å². The molecule has 19 heavy (non-hydrogen) atoms. The molecular formula is C14H15N3O2. The average Bonchev–Trinajstić information content (AvgIpc) is 2.91. The van der Waals surface area contributed by atoms with Crippen molar-refractivity contribution >= 4 is 22.8 Å². The normalized spacial score (nSPS) is 21.4. The molecule has 3 rings (SSSR count). The van der Waals surface area contributed by atoms with Gasteiger partial charge in [0, 0.05) is 12.3 Å². The van der Waals surface area contributed by atoms with Gasteiger partial charge in [0.25, 0.3) is 0 Å². The number of carbonyl (C=O) groups excluding carboxylic acids is 2. The fraction of sp³-hybridized carbons (Fsp3) is 0.357. The average molecular weight is 257 g/mol. The zero-order valence-corrected chi connectivity index (χ0v) is 10.9. The van der Waals surface area contributed by atoms with Crippen LogP contribution in [0.15, 0.2) is 24.3 Å². The number of imidazole rings is 1. The number of imide groups is 1. The van der Waals surface area contributed by atoms with Crippen LogP contribution in [0.25, 0.3) is 11.0 Å². The van der Waals surface area contributed by atoms with E-state index in [9.17, 15) is 9.59 Å². The van der Waals surface area contributed by atoms with Crippen molar-refractivity contribution < 1.29 is 9.59 Å². The minimum absolute atomic E-state index is 0.113. The summed E-state index contributed by atoms with van der Waals surface area (Å²) in [5.41, 5.74) is 1.76. The number of benzene rings is 1. The molecule has 2 heterocycles. The Morgan fingerprint density at radius 3 is 2.74 bits per heavy atom. The minimum atomic E-state index is -0.350. The van der Waals surface area contributed by atoms with Gasteiger partial charge in [0.05, 0.1) is 17.1 Å². The SMILES string of the molecule is CC1CC(=O)N(C(C)c2nc3ccccc3[nH]2)C1=O.